The third-order valence-corrected chi connectivity index (χ3v) is 1.30. The minimum Gasteiger partial charge on any atom is -0.390 e. The summed E-state index contributed by atoms with van der Waals surface area (Å²) in [6.45, 7) is 2.56. The first-order valence-corrected chi connectivity index (χ1v) is 3.14. The van der Waals surface area contributed by atoms with Gasteiger partial charge in [-0.15, -0.1) is 0 Å². The van der Waals surface area contributed by atoms with Gasteiger partial charge in [-0.3, -0.25) is 4.99 Å². The molecule has 1 atom stereocenters. The lowest BCUT2D eigenvalue weighted by Gasteiger charge is -1.98. The van der Waals surface area contributed by atoms with Gasteiger partial charge in [-0.25, -0.2) is 0 Å². The van der Waals surface area contributed by atoms with Gasteiger partial charge in [0.05, 0.1) is 18.9 Å². The van der Waals surface area contributed by atoms with E-state index < -0.39 is 0 Å². The smallest absolute Gasteiger partial charge is 0.148 e. The Morgan fingerprint density at radius 3 is 3.00 bits per heavy atom. The summed E-state index contributed by atoms with van der Waals surface area (Å²) in [5.74, 6) is 0. The second kappa shape index (κ2) is 2.94. The van der Waals surface area contributed by atoms with Gasteiger partial charge in [0.15, 0.2) is 0 Å². The van der Waals surface area contributed by atoms with E-state index in [0.29, 0.717) is 6.61 Å². The van der Waals surface area contributed by atoms with Crippen LogP contribution in [0.3, 0.4) is 0 Å². The van der Waals surface area contributed by atoms with Gasteiger partial charge in [-0.1, -0.05) is 6.92 Å². The van der Waals surface area contributed by atoms with Gasteiger partial charge in [-0.05, 0) is 6.42 Å². The first-order valence-electron chi connectivity index (χ1n) is 3.14. The summed E-state index contributed by atoms with van der Waals surface area (Å²) in [4.78, 5) is 4.07. The van der Waals surface area contributed by atoms with Crippen LogP contribution in [0.25, 0.3) is 0 Å². The van der Waals surface area contributed by atoms with E-state index in [9.17, 15) is 0 Å². The molecule has 0 aromatic heterocycles. The van der Waals surface area contributed by atoms with E-state index in [1.807, 2.05) is 6.92 Å². The zero-order valence-electron chi connectivity index (χ0n) is 5.50. The molecule has 0 radical (unpaired) electrons. The standard InChI is InChI=1S/C6H11NO2/c1-2-6-7-5(3-8)4-9-6/h6,8H,2-4H2,1H3. The van der Waals surface area contributed by atoms with E-state index in [4.69, 9.17) is 9.84 Å². The van der Waals surface area contributed by atoms with Crippen LogP contribution in [-0.2, 0) is 4.74 Å². The maximum atomic E-state index is 8.57. The molecule has 0 saturated heterocycles. The molecular formula is C6H11NO2. The summed E-state index contributed by atoms with van der Waals surface area (Å²) in [5, 5.41) is 8.57. The number of ether oxygens (including phenoxy) is 1. The average molecular weight is 129 g/mol. The van der Waals surface area contributed by atoms with E-state index in [0.717, 1.165) is 12.1 Å². The van der Waals surface area contributed by atoms with Crippen molar-refractivity contribution >= 4 is 5.71 Å². The van der Waals surface area contributed by atoms with Crippen molar-refractivity contribution in [1.82, 2.24) is 0 Å². The first kappa shape index (κ1) is 6.71. The molecule has 1 rings (SSSR count). The third-order valence-electron chi connectivity index (χ3n) is 1.30. The Labute approximate surface area is 54.4 Å². The molecule has 52 valence electrons. The minimum absolute atomic E-state index is 0.00662. The quantitative estimate of drug-likeness (QED) is 0.578. The number of aliphatic imine (C=N–C) groups is 1. The Morgan fingerprint density at radius 2 is 2.67 bits per heavy atom. The van der Waals surface area contributed by atoms with Crippen LogP contribution < -0.4 is 0 Å². The van der Waals surface area contributed by atoms with Crippen LogP contribution >= 0.6 is 0 Å². The third kappa shape index (κ3) is 1.50. The van der Waals surface area contributed by atoms with Crippen molar-refractivity contribution in [3.63, 3.8) is 0 Å². The molecule has 1 aliphatic heterocycles. The molecule has 1 heterocycles. The highest BCUT2D eigenvalue weighted by Gasteiger charge is 2.13. The molecule has 3 nitrogen and oxygen atoms in total. The molecule has 0 spiro atoms. The van der Waals surface area contributed by atoms with E-state index in [2.05, 4.69) is 4.99 Å². The Hall–Kier alpha value is -0.410. The zero-order valence-corrected chi connectivity index (χ0v) is 5.50. The zero-order chi connectivity index (χ0) is 6.69. The lowest BCUT2D eigenvalue weighted by molar-refractivity contribution is 0.106. The predicted octanol–water partition coefficient (Wildman–Crippen LogP) is 0.186. The second-order valence-electron chi connectivity index (χ2n) is 2.03. The van der Waals surface area contributed by atoms with Gasteiger partial charge in [-0.2, -0.15) is 0 Å². The highest BCUT2D eigenvalue weighted by atomic mass is 16.5. The Kier molecular flexibility index (Phi) is 2.19. The maximum absolute atomic E-state index is 8.57. The van der Waals surface area contributed by atoms with Gasteiger partial charge < -0.3 is 9.84 Å². The van der Waals surface area contributed by atoms with E-state index in [1.165, 1.54) is 0 Å². The van der Waals surface area contributed by atoms with E-state index in [1.54, 1.807) is 0 Å². The number of hydrogen-bond acceptors (Lipinski definition) is 3. The normalized spacial score (nSPS) is 26.4. The maximum Gasteiger partial charge on any atom is 0.148 e. The van der Waals surface area contributed by atoms with Crippen LogP contribution in [0, 0.1) is 0 Å². The SMILES string of the molecule is CCC1N=C(CO)CO1. The average Bonchev–Trinajstić information content (AvgIpc) is 2.34. The fraction of sp³-hybridized carbons (Fsp3) is 0.833. The molecule has 0 fully saturated rings. The molecule has 1 aliphatic rings. The second-order valence-corrected chi connectivity index (χ2v) is 2.03. The molecule has 9 heavy (non-hydrogen) atoms. The van der Waals surface area contributed by atoms with Crippen LogP contribution in [0.15, 0.2) is 4.99 Å². The fourth-order valence-electron chi connectivity index (χ4n) is 0.766. The summed E-state index contributed by atoms with van der Waals surface area (Å²) >= 11 is 0. The molecule has 1 N–H and O–H groups in total. The van der Waals surface area contributed by atoms with Crippen molar-refractivity contribution in [3.8, 4) is 0 Å². The first-order chi connectivity index (χ1) is 4.36. The molecular weight excluding hydrogens is 118 g/mol. The largest absolute Gasteiger partial charge is 0.390 e. The topological polar surface area (TPSA) is 41.8 Å². The van der Waals surface area contributed by atoms with Crippen molar-refractivity contribution < 1.29 is 9.84 Å². The van der Waals surface area contributed by atoms with Crippen molar-refractivity contribution in [3.05, 3.63) is 0 Å². The van der Waals surface area contributed by atoms with Crippen molar-refractivity contribution in [1.29, 1.82) is 0 Å². The fourth-order valence-corrected chi connectivity index (χ4v) is 0.766. The molecule has 0 amide bonds. The lowest BCUT2D eigenvalue weighted by Crippen LogP contribution is -2.05. The summed E-state index contributed by atoms with van der Waals surface area (Å²) in [6.07, 6.45) is 0.899. The van der Waals surface area contributed by atoms with Gasteiger partial charge in [0, 0.05) is 0 Å². The summed E-state index contributed by atoms with van der Waals surface area (Å²) in [7, 11) is 0. The summed E-state index contributed by atoms with van der Waals surface area (Å²) in [6, 6.07) is 0. The minimum atomic E-state index is 0.00662. The van der Waals surface area contributed by atoms with Gasteiger partial charge in [0.2, 0.25) is 0 Å². The van der Waals surface area contributed by atoms with Crippen LogP contribution in [0.4, 0.5) is 0 Å². The van der Waals surface area contributed by atoms with E-state index in [-0.39, 0.29) is 12.8 Å². The number of rotatable bonds is 2. The van der Waals surface area contributed by atoms with Gasteiger partial charge >= 0.3 is 0 Å². The number of aliphatic hydroxyl groups excluding tert-OH is 1. The van der Waals surface area contributed by atoms with Gasteiger partial charge in [0.25, 0.3) is 0 Å². The molecule has 0 bridgehead atoms. The summed E-state index contributed by atoms with van der Waals surface area (Å²) < 4.78 is 5.14. The van der Waals surface area contributed by atoms with Crippen LogP contribution in [-0.4, -0.2) is 30.3 Å². The Morgan fingerprint density at radius 1 is 1.89 bits per heavy atom. The number of aliphatic hydroxyl groups is 1. The highest BCUT2D eigenvalue weighted by Crippen LogP contribution is 2.06. The van der Waals surface area contributed by atoms with Crippen LogP contribution in [0.2, 0.25) is 0 Å². The molecule has 0 saturated carbocycles. The van der Waals surface area contributed by atoms with Crippen molar-refractivity contribution in [2.24, 2.45) is 4.99 Å². The van der Waals surface area contributed by atoms with Crippen LogP contribution in [0.1, 0.15) is 13.3 Å². The molecule has 1 unspecified atom stereocenters. The van der Waals surface area contributed by atoms with Gasteiger partial charge in [0.1, 0.15) is 6.23 Å². The molecule has 0 aliphatic carbocycles. The Bertz CT molecular complexity index is 122. The number of hydrogen-bond donors (Lipinski definition) is 1. The molecule has 0 aromatic carbocycles. The number of nitrogens with zero attached hydrogens (tertiary/aromatic N) is 1. The lowest BCUT2D eigenvalue weighted by atomic mass is 10.4. The molecule has 0 aromatic rings. The van der Waals surface area contributed by atoms with Crippen molar-refractivity contribution in [2.75, 3.05) is 13.2 Å². The van der Waals surface area contributed by atoms with Crippen molar-refractivity contribution in [2.45, 2.75) is 19.6 Å². The summed E-state index contributed by atoms with van der Waals surface area (Å²) in [5.41, 5.74) is 0.766. The monoisotopic (exact) mass is 129 g/mol. The Balaban J connectivity index is 2.40. The molecule has 3 heteroatoms. The van der Waals surface area contributed by atoms with Crippen LogP contribution in [0.5, 0.6) is 0 Å². The predicted molar refractivity (Wildman–Crippen MR) is 34.6 cm³/mol. The highest BCUT2D eigenvalue weighted by molar-refractivity contribution is 5.87. The van der Waals surface area contributed by atoms with E-state index >= 15 is 0 Å².